The zero-order chi connectivity index (χ0) is 21.1. The Morgan fingerprint density at radius 2 is 1.25 bits per heavy atom. The molecule has 0 aromatic heterocycles. The smallest absolute Gasteiger partial charge is 0.435 e. The van der Waals surface area contributed by atoms with Crippen LogP contribution in [-0.4, -0.2) is 46.7 Å². The van der Waals surface area contributed by atoms with Gasteiger partial charge in [0.2, 0.25) is 0 Å². The van der Waals surface area contributed by atoms with Gasteiger partial charge in [-0.05, 0) is 6.42 Å². The number of rotatable bonds is 21. The predicted octanol–water partition coefficient (Wildman–Crippen LogP) is 5.73. The lowest BCUT2D eigenvalue weighted by atomic mass is 10.0. The number of carboxylic acid groups (broad SMARTS) is 1. The first kappa shape index (κ1) is 27.5. The van der Waals surface area contributed by atoms with E-state index in [-0.39, 0.29) is 6.61 Å². The highest BCUT2D eigenvalue weighted by Gasteiger charge is 2.30. The number of hydrogen-bond acceptors (Lipinski definition) is 5. The van der Waals surface area contributed by atoms with Gasteiger partial charge in [-0.2, -0.15) is 0 Å². The van der Waals surface area contributed by atoms with E-state index in [1.807, 2.05) is 0 Å². The van der Waals surface area contributed by atoms with Crippen LogP contribution in [0.25, 0.3) is 0 Å². The first-order valence-corrected chi connectivity index (χ1v) is 12.4. The number of carbonyl (C=O) groups is 1. The molecule has 3 N–H and O–H groups in total. The summed E-state index contributed by atoms with van der Waals surface area (Å²) in [6.45, 7) is 2.17. The molecule has 0 aromatic rings. The topological polar surface area (TPSA) is 113 Å². The number of hydrogen-bond donors (Lipinski definition) is 3. The summed E-state index contributed by atoms with van der Waals surface area (Å²) in [5, 5.41) is 18.0. The third-order valence-corrected chi connectivity index (χ3v) is 5.62. The fraction of sp³-hybridized carbons (Fsp3) is 0.950. The second-order valence-electron chi connectivity index (χ2n) is 7.42. The average Bonchev–Trinajstić information content (AvgIpc) is 2.66. The van der Waals surface area contributed by atoms with Gasteiger partial charge in [0.25, 0.3) is 0 Å². The molecule has 0 radical (unpaired) electrons. The largest absolute Gasteiger partial charge is 0.472 e. The van der Waals surface area contributed by atoms with E-state index in [2.05, 4.69) is 11.4 Å². The summed E-state index contributed by atoms with van der Waals surface area (Å²) in [5.74, 6) is 0. The fourth-order valence-electron chi connectivity index (χ4n) is 2.91. The normalized spacial score (nSPS) is 14.7. The molecule has 0 aliphatic rings. The van der Waals surface area contributed by atoms with Crippen molar-refractivity contribution in [3.63, 3.8) is 0 Å². The lowest BCUT2D eigenvalue weighted by molar-refractivity contribution is 0.00899. The molecule has 0 rings (SSSR count). The highest BCUT2D eigenvalue weighted by atomic mass is 31.2. The van der Waals surface area contributed by atoms with E-state index < -0.39 is 26.0 Å². The van der Waals surface area contributed by atoms with E-state index in [1.54, 1.807) is 0 Å². The zero-order valence-electron chi connectivity index (χ0n) is 17.5. The summed E-state index contributed by atoms with van der Waals surface area (Å²) in [7, 11) is -4.69. The van der Waals surface area contributed by atoms with Crippen LogP contribution < -0.4 is 0 Å². The van der Waals surface area contributed by atoms with Crippen LogP contribution in [-0.2, 0) is 13.8 Å². The number of aliphatic hydroxyl groups excluding tert-OH is 1. The van der Waals surface area contributed by atoms with E-state index in [4.69, 9.17) is 14.7 Å². The molecule has 168 valence electrons. The molecule has 0 aromatic carbocycles. The van der Waals surface area contributed by atoms with E-state index in [0.29, 0.717) is 6.61 Å². The first-order valence-electron chi connectivity index (χ1n) is 10.9. The van der Waals surface area contributed by atoms with Gasteiger partial charge in [-0.15, -0.1) is 0 Å². The Labute approximate surface area is 170 Å². The summed E-state index contributed by atoms with van der Waals surface area (Å²) in [5.41, 5.74) is -1.93. The minimum absolute atomic E-state index is 0.0436. The van der Waals surface area contributed by atoms with Crippen LogP contribution >= 0.6 is 7.60 Å². The maximum Gasteiger partial charge on any atom is 0.435 e. The number of ether oxygens (including phenoxy) is 1. The summed E-state index contributed by atoms with van der Waals surface area (Å²) in [4.78, 5) is 19.3. The standard InChI is InChI=1S/C20H41O7P/c1-2-3-4-5-6-7-8-9-10-11-12-13-14-15-16-26-17-19(21)18-27-28(24,25)20(22)23/h19,21H,2-18H2,1H3,(H,22,23)(H,24,25)/t19-/m1/s1. The van der Waals surface area contributed by atoms with Gasteiger partial charge >= 0.3 is 13.3 Å². The van der Waals surface area contributed by atoms with Gasteiger partial charge < -0.3 is 19.8 Å². The molecule has 0 aliphatic heterocycles. The molecular weight excluding hydrogens is 383 g/mol. The van der Waals surface area contributed by atoms with Crippen LogP contribution in [0.15, 0.2) is 0 Å². The van der Waals surface area contributed by atoms with Gasteiger partial charge in [0.15, 0.2) is 0 Å². The highest BCUT2D eigenvalue weighted by molar-refractivity contribution is 7.70. The van der Waals surface area contributed by atoms with E-state index in [0.717, 1.165) is 12.8 Å². The fourth-order valence-corrected chi connectivity index (χ4v) is 3.39. The van der Waals surface area contributed by atoms with Crippen molar-refractivity contribution in [3.8, 4) is 0 Å². The lowest BCUT2D eigenvalue weighted by Crippen LogP contribution is -2.22. The molecule has 0 heterocycles. The van der Waals surface area contributed by atoms with Crippen LogP contribution in [0, 0.1) is 0 Å². The van der Waals surface area contributed by atoms with Crippen LogP contribution in [0.3, 0.4) is 0 Å². The second kappa shape index (κ2) is 18.6. The monoisotopic (exact) mass is 424 g/mol. The number of unbranched alkanes of at least 4 members (excludes halogenated alkanes) is 13. The maximum absolute atomic E-state index is 11.0. The lowest BCUT2D eigenvalue weighted by Gasteiger charge is -2.13. The Morgan fingerprint density at radius 1 is 0.821 bits per heavy atom. The zero-order valence-corrected chi connectivity index (χ0v) is 18.4. The summed E-state index contributed by atoms with van der Waals surface area (Å²) >= 11 is 0. The molecule has 0 amide bonds. The van der Waals surface area contributed by atoms with Gasteiger partial charge in [-0.25, -0.2) is 9.36 Å². The molecule has 1 unspecified atom stereocenters. The van der Waals surface area contributed by atoms with Crippen molar-refractivity contribution in [2.45, 2.75) is 103 Å². The summed E-state index contributed by atoms with van der Waals surface area (Å²) in [6.07, 6.45) is 16.8. The van der Waals surface area contributed by atoms with Gasteiger partial charge in [0.05, 0.1) is 13.2 Å². The summed E-state index contributed by atoms with van der Waals surface area (Å²) < 4.78 is 20.6. The Bertz CT molecular complexity index is 417. The highest BCUT2D eigenvalue weighted by Crippen LogP contribution is 2.42. The molecule has 7 nitrogen and oxygen atoms in total. The molecule has 8 heteroatoms. The van der Waals surface area contributed by atoms with E-state index in [9.17, 15) is 14.5 Å². The van der Waals surface area contributed by atoms with Crippen molar-refractivity contribution < 1.29 is 33.7 Å². The molecule has 0 saturated heterocycles. The third-order valence-electron chi connectivity index (χ3n) is 4.64. The SMILES string of the molecule is CCCCCCCCCCCCCCCCOC[C@@H](O)COP(=O)(O)C(=O)O. The van der Waals surface area contributed by atoms with Crippen molar-refractivity contribution in [3.05, 3.63) is 0 Å². The quantitative estimate of drug-likeness (QED) is 0.159. The van der Waals surface area contributed by atoms with Crippen LogP contribution in [0.1, 0.15) is 96.8 Å². The van der Waals surface area contributed by atoms with E-state index in [1.165, 1.54) is 77.0 Å². The Balaban J connectivity index is 3.27. The third kappa shape index (κ3) is 17.6. The Morgan fingerprint density at radius 3 is 1.68 bits per heavy atom. The van der Waals surface area contributed by atoms with Crippen molar-refractivity contribution in [2.24, 2.45) is 0 Å². The molecule has 0 saturated carbocycles. The van der Waals surface area contributed by atoms with Crippen LogP contribution in [0.4, 0.5) is 4.79 Å². The summed E-state index contributed by atoms with van der Waals surface area (Å²) in [6, 6.07) is 0. The minimum atomic E-state index is -4.69. The predicted molar refractivity (Wildman–Crippen MR) is 111 cm³/mol. The molecule has 0 spiro atoms. The Kier molecular flexibility index (Phi) is 18.3. The van der Waals surface area contributed by atoms with Gasteiger partial charge in [0, 0.05) is 6.61 Å². The van der Waals surface area contributed by atoms with Gasteiger partial charge in [-0.3, -0.25) is 4.52 Å². The van der Waals surface area contributed by atoms with Crippen LogP contribution in [0.5, 0.6) is 0 Å². The second-order valence-corrected chi connectivity index (χ2v) is 9.11. The minimum Gasteiger partial charge on any atom is -0.472 e. The average molecular weight is 425 g/mol. The molecule has 0 aliphatic carbocycles. The van der Waals surface area contributed by atoms with Crippen molar-refractivity contribution in [1.82, 2.24) is 0 Å². The maximum atomic E-state index is 11.0. The van der Waals surface area contributed by atoms with Crippen molar-refractivity contribution in [2.75, 3.05) is 19.8 Å². The molecular formula is C20H41O7P. The first-order chi connectivity index (χ1) is 13.4. The van der Waals surface area contributed by atoms with Gasteiger partial charge in [0.1, 0.15) is 6.10 Å². The Hall–Kier alpha value is -0.460. The van der Waals surface area contributed by atoms with E-state index >= 15 is 0 Å². The molecule has 0 bridgehead atoms. The van der Waals surface area contributed by atoms with Gasteiger partial charge in [-0.1, -0.05) is 90.4 Å². The van der Waals surface area contributed by atoms with Crippen molar-refractivity contribution >= 4 is 13.3 Å². The molecule has 0 fully saturated rings. The molecule has 28 heavy (non-hydrogen) atoms. The van der Waals surface area contributed by atoms with Crippen molar-refractivity contribution in [1.29, 1.82) is 0 Å². The molecule has 2 atom stereocenters. The van der Waals surface area contributed by atoms with Crippen LogP contribution in [0.2, 0.25) is 0 Å². The number of aliphatic hydroxyl groups is 1.